The number of hydrogen-bond donors (Lipinski definition) is 2. The van der Waals surface area contributed by atoms with Gasteiger partial charge in [-0.3, -0.25) is 0 Å². The molecule has 2 N–H and O–H groups in total. The van der Waals surface area contributed by atoms with Crippen molar-refractivity contribution >= 4 is 5.82 Å². The van der Waals surface area contributed by atoms with Crippen molar-refractivity contribution in [2.45, 2.75) is 39.0 Å². The van der Waals surface area contributed by atoms with Crippen molar-refractivity contribution in [2.24, 2.45) is 5.92 Å². The molecule has 0 spiro atoms. The molecule has 0 radical (unpaired) electrons. The summed E-state index contributed by atoms with van der Waals surface area (Å²) in [5, 5.41) is 6.89. The molecular formula is C15H25N3. The summed E-state index contributed by atoms with van der Waals surface area (Å²) in [6.07, 6.45) is 4.45. The summed E-state index contributed by atoms with van der Waals surface area (Å²) >= 11 is 0. The highest BCUT2D eigenvalue weighted by Crippen LogP contribution is 2.23. The zero-order chi connectivity index (χ0) is 13.0. The maximum absolute atomic E-state index is 4.41. The van der Waals surface area contributed by atoms with Crippen molar-refractivity contribution in [1.29, 1.82) is 0 Å². The van der Waals surface area contributed by atoms with Gasteiger partial charge < -0.3 is 10.6 Å². The first-order valence-electron chi connectivity index (χ1n) is 6.97. The molecular weight excluding hydrogens is 222 g/mol. The van der Waals surface area contributed by atoms with Crippen LogP contribution < -0.4 is 10.6 Å². The number of rotatable bonds is 3. The summed E-state index contributed by atoms with van der Waals surface area (Å²) in [5.74, 6) is 1.80. The highest BCUT2D eigenvalue weighted by Gasteiger charge is 2.15. The van der Waals surface area contributed by atoms with Crippen molar-refractivity contribution in [3.05, 3.63) is 23.9 Å². The third-order valence-electron chi connectivity index (χ3n) is 3.66. The van der Waals surface area contributed by atoms with Crippen LogP contribution >= 0.6 is 0 Å². The van der Waals surface area contributed by atoms with Crippen molar-refractivity contribution in [3.8, 4) is 0 Å². The van der Waals surface area contributed by atoms with E-state index in [-0.39, 0.29) is 5.41 Å². The van der Waals surface area contributed by atoms with Gasteiger partial charge in [0.2, 0.25) is 0 Å². The molecule has 1 aliphatic rings. The maximum atomic E-state index is 4.41. The summed E-state index contributed by atoms with van der Waals surface area (Å²) < 4.78 is 0. The van der Waals surface area contributed by atoms with E-state index in [0.717, 1.165) is 31.4 Å². The van der Waals surface area contributed by atoms with Gasteiger partial charge in [-0.25, -0.2) is 4.98 Å². The Kier molecular flexibility index (Phi) is 4.23. The molecule has 0 unspecified atom stereocenters. The number of anilines is 1. The molecule has 0 amide bonds. The molecule has 3 heteroatoms. The summed E-state index contributed by atoms with van der Waals surface area (Å²) in [5.41, 5.74) is 1.53. The number of nitrogens with one attached hydrogen (secondary N) is 2. The molecule has 2 heterocycles. The fourth-order valence-corrected chi connectivity index (χ4v) is 2.33. The molecule has 3 nitrogen and oxygen atoms in total. The van der Waals surface area contributed by atoms with Crippen LogP contribution in [0.25, 0.3) is 0 Å². The third kappa shape index (κ3) is 3.70. The normalized spacial score (nSPS) is 17.7. The highest BCUT2D eigenvalue weighted by atomic mass is 15.0. The quantitative estimate of drug-likeness (QED) is 0.862. The van der Waals surface area contributed by atoms with Crippen LogP contribution in [0.15, 0.2) is 18.3 Å². The van der Waals surface area contributed by atoms with Crippen LogP contribution in [0.4, 0.5) is 5.82 Å². The number of piperidine rings is 1. The second-order valence-electron chi connectivity index (χ2n) is 6.25. The van der Waals surface area contributed by atoms with Crippen molar-refractivity contribution in [3.63, 3.8) is 0 Å². The van der Waals surface area contributed by atoms with E-state index in [4.69, 9.17) is 0 Å². The van der Waals surface area contributed by atoms with Gasteiger partial charge in [0.05, 0.1) is 0 Å². The molecule has 0 aromatic carbocycles. The Morgan fingerprint density at radius 3 is 2.72 bits per heavy atom. The van der Waals surface area contributed by atoms with Crippen LogP contribution in [0.2, 0.25) is 0 Å². The first-order chi connectivity index (χ1) is 8.55. The highest BCUT2D eigenvalue weighted by molar-refractivity contribution is 5.39. The van der Waals surface area contributed by atoms with Gasteiger partial charge in [-0.15, -0.1) is 0 Å². The predicted octanol–water partition coefficient (Wildman–Crippen LogP) is 2.79. The Balaban J connectivity index is 1.92. The van der Waals surface area contributed by atoms with Crippen LogP contribution in [-0.2, 0) is 5.41 Å². The minimum absolute atomic E-state index is 0.189. The molecule has 1 fully saturated rings. The van der Waals surface area contributed by atoms with Crippen molar-refractivity contribution < 1.29 is 0 Å². The Morgan fingerprint density at radius 2 is 2.06 bits per heavy atom. The van der Waals surface area contributed by atoms with E-state index in [1.165, 1.54) is 18.4 Å². The number of nitrogens with zero attached hydrogens (tertiary/aromatic N) is 1. The molecule has 1 aromatic heterocycles. The lowest BCUT2D eigenvalue weighted by molar-refractivity contribution is 0.389. The monoisotopic (exact) mass is 247 g/mol. The van der Waals surface area contributed by atoms with E-state index >= 15 is 0 Å². The van der Waals surface area contributed by atoms with Crippen LogP contribution in [0.5, 0.6) is 0 Å². The van der Waals surface area contributed by atoms with Gasteiger partial charge in [0.1, 0.15) is 5.82 Å². The Morgan fingerprint density at radius 1 is 1.33 bits per heavy atom. The zero-order valence-corrected chi connectivity index (χ0v) is 11.8. The molecule has 0 saturated carbocycles. The standard InChI is InChI=1S/C15H25N3/c1-15(2,3)13-6-9-17-14(10-13)18-11-12-4-7-16-8-5-12/h6,9-10,12,16H,4-5,7-8,11H2,1-3H3,(H,17,18). The van der Waals surface area contributed by atoms with Gasteiger partial charge in [-0.2, -0.15) is 0 Å². The minimum Gasteiger partial charge on any atom is -0.370 e. The predicted molar refractivity (Wildman–Crippen MR) is 77.0 cm³/mol. The van der Waals surface area contributed by atoms with Crippen molar-refractivity contribution in [1.82, 2.24) is 10.3 Å². The molecule has 0 atom stereocenters. The van der Waals surface area contributed by atoms with E-state index in [9.17, 15) is 0 Å². The molecule has 2 rings (SSSR count). The average molecular weight is 247 g/mol. The van der Waals surface area contributed by atoms with Gasteiger partial charge in [0, 0.05) is 12.7 Å². The molecule has 1 aromatic rings. The molecule has 1 aliphatic heterocycles. The lowest BCUT2D eigenvalue weighted by atomic mass is 9.88. The van der Waals surface area contributed by atoms with Crippen LogP contribution in [0.3, 0.4) is 0 Å². The molecule has 0 aliphatic carbocycles. The average Bonchev–Trinajstić information content (AvgIpc) is 2.37. The lowest BCUT2D eigenvalue weighted by Gasteiger charge is -2.24. The SMILES string of the molecule is CC(C)(C)c1ccnc(NCC2CCNCC2)c1. The summed E-state index contributed by atoms with van der Waals surface area (Å²) in [4.78, 5) is 4.41. The van der Waals surface area contributed by atoms with Crippen LogP contribution in [0.1, 0.15) is 39.2 Å². The second kappa shape index (κ2) is 5.70. The number of pyridine rings is 1. The smallest absolute Gasteiger partial charge is 0.126 e. The second-order valence-corrected chi connectivity index (χ2v) is 6.25. The van der Waals surface area contributed by atoms with E-state index < -0.39 is 0 Å². The van der Waals surface area contributed by atoms with Gasteiger partial charge >= 0.3 is 0 Å². The molecule has 18 heavy (non-hydrogen) atoms. The summed E-state index contributed by atoms with van der Waals surface area (Å²) in [7, 11) is 0. The van der Waals surface area contributed by atoms with Crippen LogP contribution in [-0.4, -0.2) is 24.6 Å². The third-order valence-corrected chi connectivity index (χ3v) is 3.66. The van der Waals surface area contributed by atoms with E-state index in [1.54, 1.807) is 0 Å². The Labute approximate surface area is 110 Å². The largest absolute Gasteiger partial charge is 0.370 e. The van der Waals surface area contributed by atoms with E-state index in [2.05, 4.69) is 48.5 Å². The van der Waals surface area contributed by atoms with Gasteiger partial charge in [-0.1, -0.05) is 20.8 Å². The maximum Gasteiger partial charge on any atom is 0.126 e. The Hall–Kier alpha value is -1.09. The first-order valence-corrected chi connectivity index (χ1v) is 6.97. The van der Waals surface area contributed by atoms with Gasteiger partial charge in [0.15, 0.2) is 0 Å². The first kappa shape index (κ1) is 13.3. The fourth-order valence-electron chi connectivity index (χ4n) is 2.33. The lowest BCUT2D eigenvalue weighted by Crippen LogP contribution is -2.31. The van der Waals surface area contributed by atoms with E-state index in [1.807, 2.05) is 6.20 Å². The molecule has 1 saturated heterocycles. The number of aromatic nitrogens is 1. The minimum atomic E-state index is 0.189. The van der Waals surface area contributed by atoms with E-state index in [0.29, 0.717) is 0 Å². The summed E-state index contributed by atoms with van der Waals surface area (Å²) in [6.45, 7) is 10.1. The van der Waals surface area contributed by atoms with Crippen molar-refractivity contribution in [2.75, 3.05) is 25.0 Å². The summed E-state index contributed by atoms with van der Waals surface area (Å²) in [6, 6.07) is 4.29. The number of hydrogen-bond acceptors (Lipinski definition) is 3. The molecule has 0 bridgehead atoms. The van der Waals surface area contributed by atoms with Gasteiger partial charge in [0.25, 0.3) is 0 Å². The molecule has 100 valence electrons. The topological polar surface area (TPSA) is 37.0 Å². The zero-order valence-electron chi connectivity index (χ0n) is 11.8. The van der Waals surface area contributed by atoms with Crippen LogP contribution in [0, 0.1) is 5.92 Å². The van der Waals surface area contributed by atoms with Gasteiger partial charge in [-0.05, 0) is 55.0 Å². The fraction of sp³-hybridized carbons (Fsp3) is 0.667. The Bertz CT molecular complexity index is 376.